The summed E-state index contributed by atoms with van der Waals surface area (Å²) in [5, 5.41) is 1.14. The van der Waals surface area contributed by atoms with Crippen LogP contribution in [0.3, 0.4) is 0 Å². The van der Waals surface area contributed by atoms with E-state index in [4.69, 9.17) is 11.6 Å². The van der Waals surface area contributed by atoms with Crippen molar-refractivity contribution in [1.82, 2.24) is 9.97 Å². The van der Waals surface area contributed by atoms with Gasteiger partial charge in [0, 0.05) is 5.02 Å². The number of nitrogens with zero attached hydrogens (tertiary/aromatic N) is 1. The molecule has 1 heterocycles. The fourth-order valence-corrected chi connectivity index (χ4v) is 1.21. The van der Waals surface area contributed by atoms with Crippen molar-refractivity contribution in [3.05, 3.63) is 39.9 Å². The molecular formula is C10H11ClN2O. The van der Waals surface area contributed by atoms with Crippen LogP contribution in [0.15, 0.2) is 29.3 Å². The van der Waals surface area contributed by atoms with Crippen molar-refractivity contribution in [3.8, 4) is 0 Å². The standard InChI is InChI=1S/C8H5ClN2O.C2H6/c9-5-1-2-6-7(3-5)10-4-11-8(6)12;1-2/h1-4H,(H,10,11,12);1-2H3. The van der Waals surface area contributed by atoms with E-state index in [1.54, 1.807) is 18.2 Å². The highest BCUT2D eigenvalue weighted by Gasteiger charge is 1.97. The smallest absolute Gasteiger partial charge is 0.258 e. The summed E-state index contributed by atoms with van der Waals surface area (Å²) in [6.45, 7) is 4.00. The molecule has 0 aliphatic rings. The first-order valence-corrected chi connectivity index (χ1v) is 4.78. The molecule has 1 aromatic heterocycles. The minimum atomic E-state index is -0.142. The molecule has 0 spiro atoms. The average Bonchev–Trinajstić information content (AvgIpc) is 2.21. The van der Waals surface area contributed by atoms with Gasteiger partial charge in [0.25, 0.3) is 5.56 Å². The van der Waals surface area contributed by atoms with E-state index in [0.29, 0.717) is 15.9 Å². The number of nitrogens with one attached hydrogen (secondary N) is 1. The highest BCUT2D eigenvalue weighted by Crippen LogP contribution is 2.13. The normalized spacial score (nSPS) is 9.36. The molecule has 0 amide bonds. The molecule has 3 nitrogen and oxygen atoms in total. The molecular weight excluding hydrogens is 200 g/mol. The van der Waals surface area contributed by atoms with Crippen LogP contribution < -0.4 is 5.56 Å². The molecule has 0 fully saturated rings. The summed E-state index contributed by atoms with van der Waals surface area (Å²) in [5.41, 5.74) is 0.475. The van der Waals surface area contributed by atoms with Crippen LogP contribution in [-0.2, 0) is 0 Å². The number of fused-ring (bicyclic) bond motifs is 1. The van der Waals surface area contributed by atoms with Crippen molar-refractivity contribution in [2.24, 2.45) is 0 Å². The van der Waals surface area contributed by atoms with Crippen molar-refractivity contribution in [2.45, 2.75) is 13.8 Å². The van der Waals surface area contributed by atoms with Gasteiger partial charge in [-0.1, -0.05) is 25.4 Å². The second kappa shape index (κ2) is 4.77. The summed E-state index contributed by atoms with van der Waals surface area (Å²) in [7, 11) is 0. The Labute approximate surface area is 86.8 Å². The topological polar surface area (TPSA) is 45.8 Å². The van der Waals surface area contributed by atoms with Crippen LogP contribution in [0, 0.1) is 0 Å². The second-order valence-electron chi connectivity index (χ2n) is 2.39. The molecule has 4 heteroatoms. The first kappa shape index (κ1) is 10.7. The van der Waals surface area contributed by atoms with E-state index in [9.17, 15) is 4.79 Å². The quantitative estimate of drug-likeness (QED) is 0.727. The molecule has 74 valence electrons. The van der Waals surface area contributed by atoms with E-state index in [1.165, 1.54) is 6.33 Å². The molecule has 0 atom stereocenters. The van der Waals surface area contributed by atoms with Crippen molar-refractivity contribution in [1.29, 1.82) is 0 Å². The largest absolute Gasteiger partial charge is 0.313 e. The molecule has 0 aliphatic carbocycles. The maximum absolute atomic E-state index is 11.2. The summed E-state index contributed by atoms with van der Waals surface area (Å²) in [6.07, 6.45) is 1.36. The molecule has 0 radical (unpaired) electrons. The van der Waals surface area contributed by atoms with Gasteiger partial charge in [-0.3, -0.25) is 4.79 Å². The monoisotopic (exact) mass is 210 g/mol. The molecule has 0 saturated carbocycles. The lowest BCUT2D eigenvalue weighted by atomic mass is 10.2. The summed E-state index contributed by atoms with van der Waals surface area (Å²) < 4.78 is 0. The van der Waals surface area contributed by atoms with Gasteiger partial charge in [-0.25, -0.2) is 4.98 Å². The highest BCUT2D eigenvalue weighted by molar-refractivity contribution is 6.31. The van der Waals surface area contributed by atoms with E-state index in [2.05, 4.69) is 9.97 Å². The zero-order chi connectivity index (χ0) is 10.6. The zero-order valence-corrected chi connectivity index (χ0v) is 8.80. The third-order valence-corrected chi connectivity index (χ3v) is 1.84. The Morgan fingerprint density at radius 3 is 2.79 bits per heavy atom. The molecule has 0 unspecified atom stereocenters. The predicted octanol–water partition coefficient (Wildman–Crippen LogP) is 2.60. The van der Waals surface area contributed by atoms with Crippen LogP contribution in [0.5, 0.6) is 0 Å². The van der Waals surface area contributed by atoms with Crippen LogP contribution in [0.2, 0.25) is 5.02 Å². The Morgan fingerprint density at radius 2 is 2.07 bits per heavy atom. The Kier molecular flexibility index (Phi) is 3.65. The van der Waals surface area contributed by atoms with Gasteiger partial charge in [-0.15, -0.1) is 0 Å². The molecule has 2 rings (SSSR count). The Hall–Kier alpha value is -1.35. The van der Waals surface area contributed by atoms with Gasteiger partial charge in [-0.2, -0.15) is 0 Å². The van der Waals surface area contributed by atoms with Gasteiger partial charge in [0.15, 0.2) is 0 Å². The van der Waals surface area contributed by atoms with Gasteiger partial charge < -0.3 is 4.98 Å². The van der Waals surface area contributed by atoms with Gasteiger partial charge in [0.1, 0.15) is 0 Å². The maximum atomic E-state index is 11.2. The third kappa shape index (κ3) is 2.12. The van der Waals surface area contributed by atoms with E-state index in [-0.39, 0.29) is 5.56 Å². The first-order chi connectivity index (χ1) is 6.77. The summed E-state index contributed by atoms with van der Waals surface area (Å²) in [5.74, 6) is 0. The maximum Gasteiger partial charge on any atom is 0.258 e. The fourth-order valence-electron chi connectivity index (χ4n) is 1.04. The van der Waals surface area contributed by atoms with Gasteiger partial charge in [-0.05, 0) is 18.2 Å². The van der Waals surface area contributed by atoms with Crippen LogP contribution in [0.25, 0.3) is 10.9 Å². The molecule has 2 aromatic rings. The molecule has 0 aliphatic heterocycles. The lowest BCUT2D eigenvalue weighted by Crippen LogP contribution is -2.05. The van der Waals surface area contributed by atoms with E-state index in [0.717, 1.165) is 0 Å². The van der Waals surface area contributed by atoms with Gasteiger partial charge in [0.2, 0.25) is 0 Å². The molecule has 0 bridgehead atoms. The number of aromatic nitrogens is 2. The first-order valence-electron chi connectivity index (χ1n) is 4.40. The molecule has 1 N–H and O–H groups in total. The zero-order valence-electron chi connectivity index (χ0n) is 8.04. The summed E-state index contributed by atoms with van der Waals surface area (Å²) in [6, 6.07) is 4.98. The third-order valence-electron chi connectivity index (χ3n) is 1.60. The lowest BCUT2D eigenvalue weighted by molar-refractivity contribution is 1.17. The van der Waals surface area contributed by atoms with E-state index < -0.39 is 0 Å². The van der Waals surface area contributed by atoms with Crippen LogP contribution in [0.4, 0.5) is 0 Å². The Bertz CT molecular complexity index is 479. The molecule has 1 aromatic carbocycles. The SMILES string of the molecule is CC.O=c1[nH]cnc2cc(Cl)ccc12. The minimum Gasteiger partial charge on any atom is -0.313 e. The van der Waals surface area contributed by atoms with Crippen LogP contribution >= 0.6 is 11.6 Å². The van der Waals surface area contributed by atoms with Crippen molar-refractivity contribution >= 4 is 22.5 Å². The van der Waals surface area contributed by atoms with Gasteiger partial charge in [0.05, 0.1) is 17.2 Å². The van der Waals surface area contributed by atoms with Crippen molar-refractivity contribution in [2.75, 3.05) is 0 Å². The fraction of sp³-hybridized carbons (Fsp3) is 0.200. The molecule has 0 saturated heterocycles. The lowest BCUT2D eigenvalue weighted by Gasteiger charge is -1.94. The predicted molar refractivity (Wildman–Crippen MR) is 58.7 cm³/mol. The second-order valence-corrected chi connectivity index (χ2v) is 2.83. The van der Waals surface area contributed by atoms with Crippen LogP contribution in [-0.4, -0.2) is 9.97 Å². The van der Waals surface area contributed by atoms with E-state index in [1.807, 2.05) is 13.8 Å². The van der Waals surface area contributed by atoms with Crippen molar-refractivity contribution in [3.63, 3.8) is 0 Å². The summed E-state index contributed by atoms with van der Waals surface area (Å²) >= 11 is 5.72. The number of benzene rings is 1. The minimum absolute atomic E-state index is 0.142. The van der Waals surface area contributed by atoms with Crippen LogP contribution in [0.1, 0.15) is 13.8 Å². The molecule has 14 heavy (non-hydrogen) atoms. The Morgan fingerprint density at radius 1 is 1.36 bits per heavy atom. The van der Waals surface area contributed by atoms with Crippen molar-refractivity contribution < 1.29 is 0 Å². The highest BCUT2D eigenvalue weighted by atomic mass is 35.5. The number of halogens is 1. The van der Waals surface area contributed by atoms with Gasteiger partial charge >= 0.3 is 0 Å². The number of rotatable bonds is 0. The Balaban J connectivity index is 0.000000461. The van der Waals surface area contributed by atoms with E-state index >= 15 is 0 Å². The average molecular weight is 211 g/mol. The number of hydrogen-bond acceptors (Lipinski definition) is 2. The number of hydrogen-bond donors (Lipinski definition) is 1. The number of H-pyrrole nitrogens is 1. The summed E-state index contributed by atoms with van der Waals surface area (Å²) in [4.78, 5) is 17.6. The number of aromatic amines is 1.